The van der Waals surface area contributed by atoms with Crippen LogP contribution in [0.4, 0.5) is 5.69 Å². The first-order chi connectivity index (χ1) is 11.5. The topological polar surface area (TPSA) is 62.3 Å². The standard InChI is InChI=1S/C18H16ClN3O2/c1-10(23)21-16-5-4-14-15(16)7-20-8-17(14)22-9-11-6-12(19)2-3-13(11)18(22)24/h2-3,6-8,16H,4-5,9H2,1H3,(H,21,23)/t16-/m1/s1. The molecular formula is C18H16ClN3O2. The molecule has 4 rings (SSSR count). The number of halogens is 1. The van der Waals surface area contributed by atoms with Gasteiger partial charge in [-0.2, -0.15) is 0 Å². The van der Waals surface area contributed by atoms with E-state index in [4.69, 9.17) is 11.6 Å². The molecule has 2 aromatic rings. The van der Waals surface area contributed by atoms with Crippen LogP contribution in [-0.2, 0) is 17.8 Å². The van der Waals surface area contributed by atoms with Crippen LogP contribution in [0.15, 0.2) is 30.6 Å². The molecule has 24 heavy (non-hydrogen) atoms. The van der Waals surface area contributed by atoms with Crippen molar-refractivity contribution in [2.24, 2.45) is 0 Å². The van der Waals surface area contributed by atoms with E-state index in [1.54, 1.807) is 29.4 Å². The first-order valence-corrected chi connectivity index (χ1v) is 8.26. The highest BCUT2D eigenvalue weighted by atomic mass is 35.5. The van der Waals surface area contributed by atoms with Gasteiger partial charge in [0.1, 0.15) is 0 Å². The zero-order valence-electron chi connectivity index (χ0n) is 13.2. The average Bonchev–Trinajstić information content (AvgIpc) is 3.08. The number of hydrogen-bond acceptors (Lipinski definition) is 3. The van der Waals surface area contributed by atoms with Crippen molar-refractivity contribution in [3.05, 3.63) is 57.9 Å². The predicted molar refractivity (Wildman–Crippen MR) is 91.1 cm³/mol. The monoisotopic (exact) mass is 341 g/mol. The van der Waals surface area contributed by atoms with Crippen LogP contribution in [0.2, 0.25) is 5.02 Å². The van der Waals surface area contributed by atoms with E-state index in [9.17, 15) is 9.59 Å². The van der Waals surface area contributed by atoms with Crippen LogP contribution in [0.5, 0.6) is 0 Å². The van der Waals surface area contributed by atoms with Crippen molar-refractivity contribution >= 4 is 29.1 Å². The van der Waals surface area contributed by atoms with Gasteiger partial charge in [0, 0.05) is 23.7 Å². The van der Waals surface area contributed by atoms with Gasteiger partial charge in [-0.1, -0.05) is 11.6 Å². The van der Waals surface area contributed by atoms with E-state index < -0.39 is 0 Å². The van der Waals surface area contributed by atoms with Crippen LogP contribution < -0.4 is 10.2 Å². The van der Waals surface area contributed by atoms with Gasteiger partial charge in [-0.05, 0) is 47.7 Å². The maximum atomic E-state index is 12.8. The Morgan fingerprint density at radius 3 is 3.00 bits per heavy atom. The molecule has 0 saturated carbocycles. The highest BCUT2D eigenvalue weighted by Crippen LogP contribution is 2.39. The van der Waals surface area contributed by atoms with Gasteiger partial charge in [-0.3, -0.25) is 14.6 Å². The number of nitrogens with one attached hydrogen (secondary N) is 1. The van der Waals surface area contributed by atoms with Crippen molar-refractivity contribution in [1.82, 2.24) is 10.3 Å². The van der Waals surface area contributed by atoms with Crippen molar-refractivity contribution in [2.75, 3.05) is 4.90 Å². The summed E-state index contributed by atoms with van der Waals surface area (Å²) in [4.78, 5) is 30.2. The van der Waals surface area contributed by atoms with Gasteiger partial charge in [-0.15, -0.1) is 0 Å². The van der Waals surface area contributed by atoms with Crippen LogP contribution in [-0.4, -0.2) is 16.8 Å². The lowest BCUT2D eigenvalue weighted by atomic mass is 10.1. The number of fused-ring (bicyclic) bond motifs is 2. The summed E-state index contributed by atoms with van der Waals surface area (Å²) in [5, 5.41) is 3.58. The molecule has 0 saturated heterocycles. The molecule has 2 heterocycles. The molecule has 5 nitrogen and oxygen atoms in total. The van der Waals surface area contributed by atoms with E-state index in [1.165, 1.54) is 6.92 Å². The Balaban J connectivity index is 1.71. The smallest absolute Gasteiger partial charge is 0.258 e. The highest BCUT2D eigenvalue weighted by molar-refractivity contribution is 6.31. The number of nitrogens with zero attached hydrogens (tertiary/aromatic N) is 2. The van der Waals surface area contributed by atoms with Crippen molar-refractivity contribution in [2.45, 2.75) is 32.4 Å². The van der Waals surface area contributed by atoms with E-state index in [1.807, 2.05) is 6.07 Å². The SMILES string of the molecule is CC(=O)N[C@@H]1CCc2c1cncc2N1Cc2cc(Cl)ccc2C1=O. The molecule has 1 aromatic heterocycles. The van der Waals surface area contributed by atoms with Crippen molar-refractivity contribution in [1.29, 1.82) is 0 Å². The molecule has 0 fully saturated rings. The maximum absolute atomic E-state index is 12.8. The molecule has 1 aliphatic heterocycles. The van der Waals surface area contributed by atoms with Gasteiger partial charge in [0.15, 0.2) is 0 Å². The molecule has 2 amide bonds. The van der Waals surface area contributed by atoms with Gasteiger partial charge in [0.05, 0.1) is 24.5 Å². The molecule has 122 valence electrons. The lowest BCUT2D eigenvalue weighted by molar-refractivity contribution is -0.119. The van der Waals surface area contributed by atoms with Crippen LogP contribution in [0, 0.1) is 0 Å². The van der Waals surface area contributed by atoms with E-state index >= 15 is 0 Å². The van der Waals surface area contributed by atoms with Gasteiger partial charge in [-0.25, -0.2) is 0 Å². The molecule has 0 spiro atoms. The number of aromatic nitrogens is 1. The zero-order chi connectivity index (χ0) is 16.8. The summed E-state index contributed by atoms with van der Waals surface area (Å²) in [5.74, 6) is -0.0857. The van der Waals surface area contributed by atoms with Gasteiger partial charge >= 0.3 is 0 Å². The third kappa shape index (κ3) is 2.36. The van der Waals surface area contributed by atoms with E-state index in [2.05, 4.69) is 10.3 Å². The summed E-state index contributed by atoms with van der Waals surface area (Å²) in [5.41, 5.74) is 4.55. The summed E-state index contributed by atoms with van der Waals surface area (Å²) in [7, 11) is 0. The zero-order valence-corrected chi connectivity index (χ0v) is 13.9. The molecule has 0 radical (unpaired) electrons. The second-order valence-electron chi connectivity index (χ2n) is 6.21. The number of benzene rings is 1. The third-order valence-electron chi connectivity index (χ3n) is 4.67. The maximum Gasteiger partial charge on any atom is 0.258 e. The molecule has 0 bridgehead atoms. The van der Waals surface area contributed by atoms with E-state index in [0.717, 1.165) is 35.2 Å². The molecule has 1 aromatic carbocycles. The molecule has 1 N–H and O–H groups in total. The second-order valence-corrected chi connectivity index (χ2v) is 6.65. The normalized spacial score (nSPS) is 18.5. The Hall–Kier alpha value is -2.40. The van der Waals surface area contributed by atoms with Gasteiger partial charge < -0.3 is 10.2 Å². The quantitative estimate of drug-likeness (QED) is 0.913. The first kappa shape index (κ1) is 15.1. The number of amides is 2. The number of rotatable bonds is 2. The third-order valence-corrected chi connectivity index (χ3v) is 4.90. The molecule has 1 atom stereocenters. The fraction of sp³-hybridized carbons (Fsp3) is 0.278. The Morgan fingerprint density at radius 2 is 2.21 bits per heavy atom. The minimum Gasteiger partial charge on any atom is -0.349 e. The lowest BCUT2D eigenvalue weighted by Gasteiger charge is -2.19. The molecular weight excluding hydrogens is 326 g/mol. The van der Waals surface area contributed by atoms with E-state index in [-0.39, 0.29) is 17.9 Å². The van der Waals surface area contributed by atoms with Crippen LogP contribution in [0.1, 0.15) is 46.4 Å². The molecule has 2 aliphatic rings. The Labute approximate surface area is 144 Å². The van der Waals surface area contributed by atoms with Crippen LogP contribution in [0.3, 0.4) is 0 Å². The summed E-state index contributed by atoms with van der Waals surface area (Å²) >= 11 is 6.04. The fourth-order valence-electron chi connectivity index (χ4n) is 3.62. The number of hydrogen-bond donors (Lipinski definition) is 1. The minimum absolute atomic E-state index is 0.0279. The first-order valence-electron chi connectivity index (χ1n) is 7.89. The van der Waals surface area contributed by atoms with Gasteiger partial charge in [0.2, 0.25) is 5.91 Å². The molecule has 6 heteroatoms. The Morgan fingerprint density at radius 1 is 1.38 bits per heavy atom. The molecule has 1 aliphatic carbocycles. The Kier molecular flexibility index (Phi) is 3.53. The predicted octanol–water partition coefficient (Wildman–Crippen LogP) is 3.02. The lowest BCUT2D eigenvalue weighted by Crippen LogP contribution is -2.26. The average molecular weight is 342 g/mol. The minimum atomic E-state index is -0.0578. The molecule has 0 unspecified atom stereocenters. The summed E-state index contributed by atoms with van der Waals surface area (Å²) in [6.45, 7) is 2.01. The summed E-state index contributed by atoms with van der Waals surface area (Å²) in [6, 6.07) is 5.32. The second kappa shape index (κ2) is 5.60. The van der Waals surface area contributed by atoms with Gasteiger partial charge in [0.25, 0.3) is 5.91 Å². The number of carbonyl (C=O) groups excluding carboxylic acids is 2. The summed E-state index contributed by atoms with van der Waals surface area (Å²) < 4.78 is 0. The van der Waals surface area contributed by atoms with Crippen LogP contribution >= 0.6 is 11.6 Å². The van der Waals surface area contributed by atoms with Crippen molar-refractivity contribution in [3.8, 4) is 0 Å². The fourth-order valence-corrected chi connectivity index (χ4v) is 3.82. The number of anilines is 1. The highest BCUT2D eigenvalue weighted by Gasteiger charge is 2.33. The summed E-state index contributed by atoms with van der Waals surface area (Å²) in [6.07, 6.45) is 5.17. The van der Waals surface area contributed by atoms with Crippen LogP contribution in [0.25, 0.3) is 0 Å². The largest absolute Gasteiger partial charge is 0.349 e. The number of pyridine rings is 1. The van der Waals surface area contributed by atoms with Crippen molar-refractivity contribution < 1.29 is 9.59 Å². The van der Waals surface area contributed by atoms with Crippen molar-refractivity contribution in [3.63, 3.8) is 0 Å². The number of carbonyl (C=O) groups is 2. The Bertz CT molecular complexity index is 865. The van der Waals surface area contributed by atoms with E-state index in [0.29, 0.717) is 17.1 Å².